The summed E-state index contributed by atoms with van der Waals surface area (Å²) in [5.74, 6) is -2.90. The van der Waals surface area contributed by atoms with Gasteiger partial charge < -0.3 is 67.8 Å². The van der Waals surface area contributed by atoms with Crippen molar-refractivity contribution in [1.82, 2.24) is 14.8 Å². The molecule has 0 saturated carbocycles. The van der Waals surface area contributed by atoms with Gasteiger partial charge in [0.15, 0.2) is 18.7 Å². The summed E-state index contributed by atoms with van der Waals surface area (Å²) in [4.78, 5) is 59.9. The highest BCUT2D eigenvalue weighted by Crippen LogP contribution is 2.38. The van der Waals surface area contributed by atoms with Gasteiger partial charge >= 0.3 is 17.9 Å². The normalized spacial score (nSPS) is 35.6. The summed E-state index contributed by atoms with van der Waals surface area (Å²) in [6.45, 7) is 11.1. The number of hydrogen-bond acceptors (Lipinski definition) is 18. The number of likely N-dealkylation sites (N-methyl/N-ethyl adjacent to an activating group) is 2. The zero-order chi connectivity index (χ0) is 51.3. The lowest BCUT2D eigenvalue weighted by atomic mass is 9.82. The van der Waals surface area contributed by atoms with Gasteiger partial charge in [0.2, 0.25) is 0 Å². The van der Waals surface area contributed by atoms with Gasteiger partial charge in [0.1, 0.15) is 36.3 Å². The molecule has 16 atom stereocenters. The molecule has 0 aliphatic carbocycles. The van der Waals surface area contributed by atoms with Gasteiger partial charge in [-0.25, -0.2) is 0 Å². The van der Waals surface area contributed by atoms with E-state index in [2.05, 4.69) is 23.2 Å². The van der Waals surface area contributed by atoms with Gasteiger partial charge in [-0.2, -0.15) is 0 Å². The predicted molar refractivity (Wildman–Crippen MR) is 258 cm³/mol. The maximum Gasteiger partial charge on any atom is 0.309 e. The fraction of sp³-hybridized carbons (Fsp3) is 0.712. The molecule has 3 fully saturated rings. The molecule has 70 heavy (non-hydrogen) atoms. The summed E-state index contributed by atoms with van der Waals surface area (Å²) in [5.41, 5.74) is -0.421. The molecule has 0 spiro atoms. The Morgan fingerprint density at radius 2 is 1.69 bits per heavy atom. The van der Waals surface area contributed by atoms with Gasteiger partial charge in [-0.15, -0.1) is 0 Å². The van der Waals surface area contributed by atoms with E-state index in [1.54, 1.807) is 53.6 Å². The van der Waals surface area contributed by atoms with E-state index < -0.39 is 115 Å². The van der Waals surface area contributed by atoms with Crippen molar-refractivity contribution in [3.05, 3.63) is 54.4 Å². The highest BCUT2D eigenvalue weighted by molar-refractivity contribution is 5.84. The van der Waals surface area contributed by atoms with Crippen LogP contribution in [-0.4, -0.2) is 181 Å². The molecule has 1 aromatic carbocycles. The van der Waals surface area contributed by atoms with Crippen LogP contribution < -0.4 is 0 Å². The number of aliphatic hydroxyl groups is 3. The third-order valence-electron chi connectivity index (χ3n) is 13.9. The Bertz CT molecular complexity index is 2010. The van der Waals surface area contributed by atoms with Crippen LogP contribution in [0.25, 0.3) is 10.8 Å². The Morgan fingerprint density at radius 1 is 0.971 bits per heavy atom. The zero-order valence-corrected chi connectivity index (χ0v) is 42.7. The summed E-state index contributed by atoms with van der Waals surface area (Å²) >= 11 is 0. The third kappa shape index (κ3) is 15.3. The fourth-order valence-electron chi connectivity index (χ4n) is 10.1. The van der Waals surface area contributed by atoms with Gasteiger partial charge in [-0.1, -0.05) is 57.2 Å². The molecule has 6 unspecified atom stereocenters. The molecule has 2 aromatic rings. The number of rotatable bonds is 15. The first-order valence-corrected chi connectivity index (χ1v) is 24.8. The lowest BCUT2D eigenvalue weighted by Crippen LogP contribution is -2.66. The van der Waals surface area contributed by atoms with Crippen LogP contribution in [0, 0.1) is 17.8 Å². The van der Waals surface area contributed by atoms with Crippen molar-refractivity contribution in [2.45, 2.75) is 172 Å². The number of fused-ring (bicyclic) bond motifs is 1. The van der Waals surface area contributed by atoms with E-state index in [1.165, 1.54) is 7.11 Å². The largest absolute Gasteiger partial charge is 0.466 e. The molecule has 0 amide bonds. The molecule has 3 aliphatic rings. The van der Waals surface area contributed by atoms with E-state index in [-0.39, 0.29) is 44.6 Å². The summed E-state index contributed by atoms with van der Waals surface area (Å²) in [7, 11) is 6.82. The molecule has 5 rings (SSSR count). The number of nitrogens with zero attached hydrogens (tertiary/aromatic N) is 3. The van der Waals surface area contributed by atoms with Crippen LogP contribution in [0.2, 0.25) is 0 Å². The topological polar surface area (TPSA) is 222 Å². The van der Waals surface area contributed by atoms with Crippen molar-refractivity contribution in [1.29, 1.82) is 0 Å². The van der Waals surface area contributed by atoms with Crippen molar-refractivity contribution < 1.29 is 72.4 Å². The van der Waals surface area contributed by atoms with Crippen LogP contribution in [0.5, 0.6) is 0 Å². The first kappa shape index (κ1) is 57.0. The summed E-state index contributed by atoms with van der Waals surface area (Å²) in [5, 5.41) is 37.6. The van der Waals surface area contributed by atoms with Gasteiger partial charge in [-0.05, 0) is 89.9 Å². The molecule has 18 nitrogen and oxygen atoms in total. The van der Waals surface area contributed by atoms with Crippen LogP contribution in [0.4, 0.5) is 0 Å². The molecule has 0 bridgehead atoms. The summed E-state index contributed by atoms with van der Waals surface area (Å²) in [6.07, 6.45) is -1.93. The van der Waals surface area contributed by atoms with Crippen molar-refractivity contribution in [3.63, 3.8) is 0 Å². The Morgan fingerprint density at radius 3 is 2.36 bits per heavy atom. The number of carbonyl (C=O) groups is 4. The van der Waals surface area contributed by atoms with Crippen molar-refractivity contribution >= 4 is 35.0 Å². The number of allylic oxidation sites excluding steroid dienone is 1. The number of aliphatic hydroxyl groups excluding tert-OH is 2. The Hall–Kier alpha value is -3.95. The third-order valence-corrected chi connectivity index (χ3v) is 13.9. The summed E-state index contributed by atoms with van der Waals surface area (Å²) in [6, 6.07) is 7.29. The quantitative estimate of drug-likeness (QED) is 0.0987. The highest BCUT2D eigenvalue weighted by Gasteiger charge is 2.53. The molecular formula is C52H79N3O15. The molecular weight excluding hydrogens is 907 g/mol. The number of β-amino-alcohol motifs (C(OH)–C–C–N with tert-alkyl or cyclic N) is 1. The molecule has 0 radical (unpaired) electrons. The SMILES string of the molecule is CCC(=O)O[C@@H]1CC(=O)OCCC(/C=C/Cc2cncc3ccccc23)CN(C)C[C@H](O)[C@H](C)C[C@H](CC=O)[C@H](O[C@@H]2OC(C)[C@H](O[C@H]3CC(C)(O)[C@@H](OC(=O)CC)C(C)O3)C(N(C)C)C2O)[C@H]1OC. The minimum absolute atomic E-state index is 0.0117. The van der Waals surface area contributed by atoms with Crippen molar-refractivity contribution in [3.8, 4) is 0 Å². The number of carbonyl (C=O) groups excluding carboxylic acids is 4. The van der Waals surface area contributed by atoms with E-state index >= 15 is 0 Å². The Kier molecular flexibility index (Phi) is 21.7. The number of aromatic nitrogens is 1. The Labute approximate surface area is 413 Å². The average Bonchev–Trinajstić information content (AvgIpc) is 3.30. The van der Waals surface area contributed by atoms with E-state index in [0.29, 0.717) is 25.9 Å². The van der Waals surface area contributed by atoms with Crippen molar-refractivity contribution in [2.24, 2.45) is 17.8 Å². The highest BCUT2D eigenvalue weighted by atomic mass is 16.7. The van der Waals surface area contributed by atoms with Crippen LogP contribution in [0.15, 0.2) is 48.8 Å². The van der Waals surface area contributed by atoms with Gasteiger partial charge in [0, 0.05) is 63.7 Å². The smallest absolute Gasteiger partial charge is 0.309 e. The number of aldehydes is 1. The molecule has 18 heteroatoms. The molecule has 3 aliphatic heterocycles. The van der Waals surface area contributed by atoms with Crippen LogP contribution in [-0.2, 0) is 63.5 Å². The second-order valence-corrected chi connectivity index (χ2v) is 19.8. The predicted octanol–water partition coefficient (Wildman–Crippen LogP) is 4.16. The lowest BCUT2D eigenvalue weighted by molar-refractivity contribution is -0.344. The van der Waals surface area contributed by atoms with E-state index in [0.717, 1.165) is 22.6 Å². The number of benzene rings is 1. The fourth-order valence-corrected chi connectivity index (χ4v) is 10.1. The van der Waals surface area contributed by atoms with E-state index in [9.17, 15) is 34.5 Å². The molecule has 4 heterocycles. The lowest BCUT2D eigenvalue weighted by Gasteiger charge is -2.50. The first-order chi connectivity index (χ1) is 33.3. The maximum absolute atomic E-state index is 13.8. The monoisotopic (exact) mass is 986 g/mol. The van der Waals surface area contributed by atoms with Crippen LogP contribution >= 0.6 is 0 Å². The van der Waals surface area contributed by atoms with E-state index in [4.69, 9.17) is 37.9 Å². The number of cyclic esters (lactones) is 1. The standard InChI is InChI=1S/C52H79N3O15/c1-11-41(58)67-40-25-43(60)64-23-21-34(16-15-18-37-28-53-27-36-17-13-14-19-38(36)37)29-55(9)30-39(57)31(3)24-35(20-22-56)48(49(40)63-10)70-51-46(61)45(54(7)8)47(32(4)66-51)69-44-26-52(6,62)50(33(5)65-44)68-42(59)12-2/h13-17,19,22,27-28,31-35,39-40,44-51,57,61-62H,11-12,18,20-21,23-26,29-30H2,1-10H3/b16-15+/t31-,32?,33?,34?,35+,39+,40-,44+,45?,46?,47+,48+,49+,50+,51+,52?/m1/s1. The molecule has 3 N–H and O–H groups in total. The minimum atomic E-state index is -1.50. The summed E-state index contributed by atoms with van der Waals surface area (Å²) < 4.78 is 49.3. The van der Waals surface area contributed by atoms with Gasteiger partial charge in [0.05, 0.1) is 43.5 Å². The van der Waals surface area contributed by atoms with Crippen molar-refractivity contribution in [2.75, 3.05) is 47.9 Å². The van der Waals surface area contributed by atoms with Crippen LogP contribution in [0.3, 0.4) is 0 Å². The maximum atomic E-state index is 13.8. The first-order valence-electron chi connectivity index (χ1n) is 24.8. The number of esters is 3. The number of hydrogen-bond donors (Lipinski definition) is 3. The van der Waals surface area contributed by atoms with Gasteiger partial charge in [0.25, 0.3) is 0 Å². The van der Waals surface area contributed by atoms with Crippen LogP contribution in [0.1, 0.15) is 92.1 Å². The molecule has 3 saturated heterocycles. The molecule has 392 valence electrons. The second-order valence-electron chi connectivity index (χ2n) is 19.8. The number of pyridine rings is 1. The number of methoxy groups -OCH3 is 1. The van der Waals surface area contributed by atoms with E-state index in [1.807, 2.05) is 49.5 Å². The number of ether oxygens (including phenoxy) is 8. The Balaban J connectivity index is 1.41. The zero-order valence-electron chi connectivity index (χ0n) is 42.7. The van der Waals surface area contributed by atoms with Gasteiger partial charge in [-0.3, -0.25) is 19.4 Å². The average molecular weight is 986 g/mol. The minimum Gasteiger partial charge on any atom is -0.466 e. The molecule has 1 aromatic heterocycles. The second kappa shape index (κ2) is 26.7.